The monoisotopic (exact) mass is 308 g/mol. The molecular formula is C15H17ClN2O3. The van der Waals surface area contributed by atoms with Gasteiger partial charge in [-0.1, -0.05) is 11.6 Å². The lowest BCUT2D eigenvalue weighted by Crippen LogP contribution is -2.02. The molecule has 1 aromatic carbocycles. The van der Waals surface area contributed by atoms with Gasteiger partial charge in [-0.05, 0) is 29.8 Å². The van der Waals surface area contributed by atoms with Crippen LogP contribution in [-0.4, -0.2) is 26.3 Å². The molecule has 1 N–H and O–H groups in total. The molecule has 0 unspecified atom stereocenters. The highest BCUT2D eigenvalue weighted by molar-refractivity contribution is 6.29. The number of hydrogen-bond donors (Lipinski definition) is 1. The minimum absolute atomic E-state index is 0.466. The Morgan fingerprint density at radius 1 is 1.05 bits per heavy atom. The van der Waals surface area contributed by atoms with Gasteiger partial charge in [-0.15, -0.1) is 0 Å². The number of hydrogen-bond acceptors (Lipinski definition) is 5. The predicted octanol–water partition coefficient (Wildman–Crippen LogP) is 3.37. The lowest BCUT2D eigenvalue weighted by Gasteiger charge is -2.14. The van der Waals surface area contributed by atoms with Gasteiger partial charge in [-0.25, -0.2) is 4.98 Å². The van der Waals surface area contributed by atoms with E-state index in [-0.39, 0.29) is 0 Å². The van der Waals surface area contributed by atoms with Crippen LogP contribution in [0.1, 0.15) is 5.56 Å². The molecule has 0 bridgehead atoms. The first-order valence-electron chi connectivity index (χ1n) is 6.32. The number of anilines is 1. The van der Waals surface area contributed by atoms with Crippen molar-refractivity contribution in [2.75, 3.05) is 26.6 Å². The van der Waals surface area contributed by atoms with Crippen molar-refractivity contribution in [3.63, 3.8) is 0 Å². The maximum absolute atomic E-state index is 5.76. The third-order valence-electron chi connectivity index (χ3n) is 2.95. The second-order valence-corrected chi connectivity index (χ2v) is 4.64. The van der Waals surface area contributed by atoms with E-state index >= 15 is 0 Å². The fourth-order valence-corrected chi connectivity index (χ4v) is 2.03. The Morgan fingerprint density at radius 3 is 2.19 bits per heavy atom. The molecule has 0 aliphatic heterocycles. The van der Waals surface area contributed by atoms with E-state index in [0.717, 1.165) is 11.3 Å². The summed E-state index contributed by atoms with van der Waals surface area (Å²) in [5.41, 5.74) is 1.88. The molecule has 0 fully saturated rings. The molecule has 6 heteroatoms. The SMILES string of the molecule is COc1cc(CNc2ccc(Cl)nc2)cc(OC)c1OC. The molecule has 0 radical (unpaired) electrons. The van der Waals surface area contributed by atoms with Crippen LogP contribution in [0.25, 0.3) is 0 Å². The Hall–Kier alpha value is -2.14. The fourth-order valence-electron chi connectivity index (χ4n) is 1.92. The van der Waals surface area contributed by atoms with E-state index < -0.39 is 0 Å². The number of methoxy groups -OCH3 is 3. The molecule has 112 valence electrons. The average molecular weight is 309 g/mol. The van der Waals surface area contributed by atoms with Gasteiger partial charge in [0, 0.05) is 6.54 Å². The first-order valence-corrected chi connectivity index (χ1v) is 6.70. The maximum atomic E-state index is 5.76. The molecule has 0 atom stereocenters. The first kappa shape index (κ1) is 15.3. The summed E-state index contributed by atoms with van der Waals surface area (Å²) in [6.07, 6.45) is 1.68. The summed E-state index contributed by atoms with van der Waals surface area (Å²) < 4.78 is 15.9. The summed E-state index contributed by atoms with van der Waals surface area (Å²) in [5, 5.41) is 3.72. The standard InChI is InChI=1S/C15H17ClN2O3/c1-19-12-6-10(7-13(20-2)15(12)21-3)8-17-11-4-5-14(16)18-9-11/h4-7,9,17H,8H2,1-3H3. The van der Waals surface area contributed by atoms with Crippen molar-refractivity contribution >= 4 is 17.3 Å². The highest BCUT2D eigenvalue weighted by Crippen LogP contribution is 2.38. The number of pyridine rings is 1. The molecule has 0 saturated carbocycles. The predicted molar refractivity (Wildman–Crippen MR) is 82.7 cm³/mol. The molecule has 0 aliphatic rings. The first-order chi connectivity index (χ1) is 10.2. The van der Waals surface area contributed by atoms with Crippen LogP contribution < -0.4 is 19.5 Å². The number of halogens is 1. The molecule has 0 spiro atoms. The fraction of sp³-hybridized carbons (Fsp3) is 0.267. The van der Waals surface area contributed by atoms with Crippen LogP contribution >= 0.6 is 11.6 Å². The molecule has 1 heterocycles. The van der Waals surface area contributed by atoms with E-state index in [1.54, 1.807) is 33.6 Å². The minimum Gasteiger partial charge on any atom is -0.493 e. The van der Waals surface area contributed by atoms with Crippen LogP contribution in [0, 0.1) is 0 Å². The molecule has 0 saturated heterocycles. The summed E-state index contributed by atoms with van der Waals surface area (Å²) in [6, 6.07) is 7.40. The third-order valence-corrected chi connectivity index (χ3v) is 3.17. The van der Waals surface area contributed by atoms with Gasteiger partial charge < -0.3 is 19.5 Å². The molecule has 0 amide bonds. The maximum Gasteiger partial charge on any atom is 0.203 e. The summed E-state index contributed by atoms with van der Waals surface area (Å²) in [4.78, 5) is 4.02. The lowest BCUT2D eigenvalue weighted by atomic mass is 10.1. The van der Waals surface area contributed by atoms with Crippen molar-refractivity contribution in [3.05, 3.63) is 41.2 Å². The number of aromatic nitrogens is 1. The quantitative estimate of drug-likeness (QED) is 0.829. The van der Waals surface area contributed by atoms with Gasteiger partial charge in [0.1, 0.15) is 5.15 Å². The van der Waals surface area contributed by atoms with Crippen LogP contribution in [0.5, 0.6) is 17.2 Å². The van der Waals surface area contributed by atoms with Crippen LogP contribution in [0.3, 0.4) is 0 Å². The van der Waals surface area contributed by atoms with E-state index in [2.05, 4.69) is 10.3 Å². The van der Waals surface area contributed by atoms with Crippen LogP contribution in [-0.2, 0) is 6.54 Å². The van der Waals surface area contributed by atoms with E-state index in [4.69, 9.17) is 25.8 Å². The number of nitrogens with one attached hydrogen (secondary N) is 1. The Balaban J connectivity index is 2.18. The van der Waals surface area contributed by atoms with Crippen LogP contribution in [0.2, 0.25) is 5.15 Å². The van der Waals surface area contributed by atoms with Crippen molar-refractivity contribution < 1.29 is 14.2 Å². The summed E-state index contributed by atoms with van der Waals surface area (Å²) in [5.74, 6) is 1.84. The van der Waals surface area contributed by atoms with E-state index in [0.29, 0.717) is 28.9 Å². The molecule has 0 aliphatic carbocycles. The molecule has 2 aromatic rings. The topological polar surface area (TPSA) is 52.6 Å². The van der Waals surface area contributed by atoms with Crippen LogP contribution in [0.15, 0.2) is 30.5 Å². The van der Waals surface area contributed by atoms with E-state index in [9.17, 15) is 0 Å². The van der Waals surface area contributed by atoms with Crippen molar-refractivity contribution in [3.8, 4) is 17.2 Å². The van der Waals surface area contributed by atoms with Crippen molar-refractivity contribution in [2.45, 2.75) is 6.54 Å². The van der Waals surface area contributed by atoms with E-state index in [1.165, 1.54) is 0 Å². The summed E-state index contributed by atoms with van der Waals surface area (Å²) >= 11 is 5.76. The molecule has 21 heavy (non-hydrogen) atoms. The summed E-state index contributed by atoms with van der Waals surface area (Å²) in [6.45, 7) is 0.597. The zero-order chi connectivity index (χ0) is 15.2. The van der Waals surface area contributed by atoms with Crippen molar-refractivity contribution in [1.82, 2.24) is 4.98 Å². The molecule has 1 aromatic heterocycles. The Kier molecular flexibility index (Phi) is 5.11. The van der Waals surface area contributed by atoms with Gasteiger partial charge >= 0.3 is 0 Å². The zero-order valence-corrected chi connectivity index (χ0v) is 12.9. The van der Waals surface area contributed by atoms with Gasteiger partial charge in [0.05, 0.1) is 33.2 Å². The smallest absolute Gasteiger partial charge is 0.203 e. The molecule has 5 nitrogen and oxygen atoms in total. The second-order valence-electron chi connectivity index (χ2n) is 4.26. The largest absolute Gasteiger partial charge is 0.493 e. The highest BCUT2D eigenvalue weighted by Gasteiger charge is 2.12. The van der Waals surface area contributed by atoms with Crippen LogP contribution in [0.4, 0.5) is 5.69 Å². The Bertz CT molecular complexity index is 577. The average Bonchev–Trinajstić information content (AvgIpc) is 2.53. The Labute approximate surface area is 128 Å². The van der Waals surface area contributed by atoms with Gasteiger partial charge in [-0.2, -0.15) is 0 Å². The number of ether oxygens (including phenoxy) is 3. The second kappa shape index (κ2) is 7.04. The zero-order valence-electron chi connectivity index (χ0n) is 12.1. The molecular weight excluding hydrogens is 292 g/mol. The minimum atomic E-state index is 0.466. The normalized spacial score (nSPS) is 10.1. The van der Waals surface area contributed by atoms with Crippen molar-refractivity contribution in [1.29, 1.82) is 0 Å². The van der Waals surface area contributed by atoms with Gasteiger partial charge in [0.15, 0.2) is 11.5 Å². The number of nitrogens with zero attached hydrogens (tertiary/aromatic N) is 1. The number of rotatable bonds is 6. The third kappa shape index (κ3) is 3.70. The number of benzene rings is 1. The van der Waals surface area contributed by atoms with E-state index in [1.807, 2.05) is 18.2 Å². The highest BCUT2D eigenvalue weighted by atomic mass is 35.5. The summed E-state index contributed by atoms with van der Waals surface area (Å²) in [7, 11) is 4.77. The lowest BCUT2D eigenvalue weighted by molar-refractivity contribution is 0.324. The van der Waals surface area contributed by atoms with Gasteiger partial charge in [0.2, 0.25) is 5.75 Å². The van der Waals surface area contributed by atoms with Gasteiger partial charge in [0.25, 0.3) is 0 Å². The Morgan fingerprint density at radius 2 is 1.71 bits per heavy atom. The van der Waals surface area contributed by atoms with Gasteiger partial charge in [-0.3, -0.25) is 0 Å². The molecule has 2 rings (SSSR count). The van der Waals surface area contributed by atoms with Crippen molar-refractivity contribution in [2.24, 2.45) is 0 Å².